The number of hydrogen-bond acceptors (Lipinski definition) is 7. The summed E-state index contributed by atoms with van der Waals surface area (Å²) in [7, 11) is 0. The van der Waals surface area contributed by atoms with Gasteiger partial charge in [0, 0.05) is 37.5 Å². The van der Waals surface area contributed by atoms with E-state index in [1.165, 1.54) is 5.56 Å². The van der Waals surface area contributed by atoms with Crippen molar-refractivity contribution in [3.8, 4) is 17.2 Å². The minimum absolute atomic E-state index is 0.212. The van der Waals surface area contributed by atoms with Gasteiger partial charge in [-0.15, -0.1) is 0 Å². The third-order valence-corrected chi connectivity index (χ3v) is 5.32. The van der Waals surface area contributed by atoms with Gasteiger partial charge >= 0.3 is 0 Å². The highest BCUT2D eigenvalue weighted by Gasteiger charge is 2.23. The Morgan fingerprint density at radius 2 is 2.00 bits per heavy atom. The number of nitrogens with one attached hydrogen (secondary N) is 1. The fraction of sp³-hybridized carbons (Fsp3) is 0.304. The van der Waals surface area contributed by atoms with E-state index in [0.29, 0.717) is 55.7 Å². The summed E-state index contributed by atoms with van der Waals surface area (Å²) in [5, 5.41) is 7.46. The van der Waals surface area contributed by atoms with Crippen LogP contribution in [0.15, 0.2) is 47.0 Å². The van der Waals surface area contributed by atoms with Crippen LogP contribution in [-0.4, -0.2) is 58.5 Å². The van der Waals surface area contributed by atoms with Crippen LogP contribution in [0.1, 0.15) is 23.0 Å². The van der Waals surface area contributed by atoms with Crippen molar-refractivity contribution in [2.75, 3.05) is 37.7 Å². The molecule has 5 rings (SSSR count). The first-order valence-corrected chi connectivity index (χ1v) is 10.7. The zero-order valence-electron chi connectivity index (χ0n) is 18.0. The van der Waals surface area contributed by atoms with Gasteiger partial charge in [0.05, 0.1) is 18.9 Å². The van der Waals surface area contributed by atoms with Crippen molar-refractivity contribution in [1.82, 2.24) is 25.1 Å². The highest BCUT2D eigenvalue weighted by molar-refractivity contribution is 5.97. The number of rotatable bonds is 5. The zero-order chi connectivity index (χ0) is 22.1. The first-order valence-electron chi connectivity index (χ1n) is 10.7. The molecule has 4 heterocycles. The van der Waals surface area contributed by atoms with Gasteiger partial charge in [-0.05, 0) is 26.0 Å². The first-order chi connectivity index (χ1) is 15.6. The number of aromatic nitrogens is 4. The Bertz CT molecular complexity index is 1270. The van der Waals surface area contributed by atoms with Crippen LogP contribution in [-0.2, 0) is 4.74 Å². The Hall–Kier alpha value is -3.72. The van der Waals surface area contributed by atoms with E-state index in [2.05, 4.69) is 34.3 Å². The van der Waals surface area contributed by atoms with E-state index >= 15 is 0 Å². The van der Waals surface area contributed by atoms with Crippen LogP contribution in [0.4, 0.5) is 5.82 Å². The number of anilines is 1. The number of aryl methyl sites for hydroxylation is 1. The number of fused-ring (bicyclic) bond motifs is 1. The van der Waals surface area contributed by atoms with Crippen molar-refractivity contribution in [3.63, 3.8) is 0 Å². The molecule has 1 aromatic carbocycles. The number of nitrogens with zero attached hydrogens (tertiary/aromatic N) is 5. The second-order valence-electron chi connectivity index (χ2n) is 7.65. The molecule has 1 amide bonds. The molecule has 0 saturated carbocycles. The van der Waals surface area contributed by atoms with E-state index in [9.17, 15) is 4.79 Å². The summed E-state index contributed by atoms with van der Waals surface area (Å²) in [6.07, 6.45) is 1.84. The number of hydrogen-bond donors (Lipinski definition) is 1. The van der Waals surface area contributed by atoms with Gasteiger partial charge in [-0.1, -0.05) is 23.8 Å². The van der Waals surface area contributed by atoms with Gasteiger partial charge in [-0.25, -0.2) is 9.67 Å². The molecule has 0 radical (unpaired) electrons. The Morgan fingerprint density at radius 1 is 1.16 bits per heavy atom. The number of amides is 1. The fourth-order valence-electron chi connectivity index (χ4n) is 3.75. The molecule has 0 bridgehead atoms. The molecule has 1 aliphatic heterocycles. The second-order valence-corrected chi connectivity index (χ2v) is 7.65. The number of morpholine rings is 1. The summed E-state index contributed by atoms with van der Waals surface area (Å²) in [6.45, 7) is 6.98. The highest BCUT2D eigenvalue weighted by atomic mass is 16.5. The predicted octanol–water partition coefficient (Wildman–Crippen LogP) is 2.97. The van der Waals surface area contributed by atoms with Gasteiger partial charge in [-0.3, -0.25) is 4.79 Å². The predicted molar refractivity (Wildman–Crippen MR) is 120 cm³/mol. The van der Waals surface area contributed by atoms with E-state index in [1.54, 1.807) is 10.7 Å². The standard InChI is InChI=1S/C23H24N6O3/c1-3-24-22(30)19-14-18-20(32-19)21(28-9-11-31-12-10-28)26-23(25-18)29-8-7-17(27-29)16-6-4-5-15(2)13-16/h4-8,13-14H,3,9-12H2,1-2H3,(H,24,30). The minimum atomic E-state index is -0.277. The maximum atomic E-state index is 12.3. The lowest BCUT2D eigenvalue weighted by Gasteiger charge is -2.27. The lowest BCUT2D eigenvalue weighted by Crippen LogP contribution is -2.37. The molecular formula is C23H24N6O3. The van der Waals surface area contributed by atoms with E-state index in [-0.39, 0.29) is 11.7 Å². The molecule has 0 aliphatic carbocycles. The summed E-state index contributed by atoms with van der Waals surface area (Å²) in [4.78, 5) is 23.8. The summed E-state index contributed by atoms with van der Waals surface area (Å²) in [5.41, 5.74) is 4.08. The van der Waals surface area contributed by atoms with Crippen LogP contribution < -0.4 is 10.2 Å². The average molecular weight is 432 g/mol. The van der Waals surface area contributed by atoms with Crippen LogP contribution in [0, 0.1) is 6.92 Å². The largest absolute Gasteiger partial charge is 0.445 e. The number of benzene rings is 1. The van der Waals surface area contributed by atoms with Crippen molar-refractivity contribution in [2.45, 2.75) is 13.8 Å². The van der Waals surface area contributed by atoms with Gasteiger partial charge < -0.3 is 19.4 Å². The van der Waals surface area contributed by atoms with Gasteiger partial charge in [0.1, 0.15) is 5.52 Å². The van der Waals surface area contributed by atoms with Crippen LogP contribution in [0.2, 0.25) is 0 Å². The van der Waals surface area contributed by atoms with Crippen LogP contribution in [0.25, 0.3) is 28.3 Å². The molecule has 9 nitrogen and oxygen atoms in total. The summed E-state index contributed by atoms with van der Waals surface area (Å²) >= 11 is 0. The van der Waals surface area contributed by atoms with Crippen LogP contribution in [0.5, 0.6) is 0 Å². The number of carbonyl (C=O) groups excluding carboxylic acids is 1. The second kappa shape index (κ2) is 8.43. The maximum absolute atomic E-state index is 12.3. The van der Waals surface area contributed by atoms with Gasteiger partial charge in [0.2, 0.25) is 0 Å². The quantitative estimate of drug-likeness (QED) is 0.518. The van der Waals surface area contributed by atoms with E-state index < -0.39 is 0 Å². The average Bonchev–Trinajstić information content (AvgIpc) is 3.47. The molecule has 1 saturated heterocycles. The Balaban J connectivity index is 1.59. The molecule has 0 spiro atoms. The maximum Gasteiger partial charge on any atom is 0.287 e. The van der Waals surface area contributed by atoms with Crippen molar-refractivity contribution in [1.29, 1.82) is 0 Å². The third-order valence-electron chi connectivity index (χ3n) is 5.32. The van der Waals surface area contributed by atoms with Gasteiger partial charge in [-0.2, -0.15) is 10.1 Å². The summed E-state index contributed by atoms with van der Waals surface area (Å²) in [5.74, 6) is 0.988. The Morgan fingerprint density at radius 3 is 2.78 bits per heavy atom. The van der Waals surface area contributed by atoms with Crippen LogP contribution in [0.3, 0.4) is 0 Å². The van der Waals surface area contributed by atoms with Crippen molar-refractivity contribution in [3.05, 3.63) is 53.9 Å². The molecule has 1 aliphatic rings. The normalized spacial score (nSPS) is 14.1. The SMILES string of the molecule is CCNC(=O)c1cc2nc(-n3ccc(-c4cccc(C)c4)n3)nc(N3CCOCC3)c2o1. The zero-order valence-corrected chi connectivity index (χ0v) is 18.0. The Labute approximate surface area is 185 Å². The molecule has 164 valence electrons. The third kappa shape index (κ3) is 3.82. The highest BCUT2D eigenvalue weighted by Crippen LogP contribution is 2.29. The van der Waals surface area contributed by atoms with Crippen molar-refractivity contribution in [2.24, 2.45) is 0 Å². The first kappa shape index (κ1) is 20.2. The molecule has 1 fully saturated rings. The Kier molecular flexibility index (Phi) is 5.32. The fourth-order valence-corrected chi connectivity index (χ4v) is 3.75. The van der Waals surface area contributed by atoms with Crippen LogP contribution >= 0.6 is 0 Å². The lowest BCUT2D eigenvalue weighted by atomic mass is 10.1. The number of carbonyl (C=O) groups is 1. The molecular weight excluding hydrogens is 408 g/mol. The smallest absolute Gasteiger partial charge is 0.287 e. The summed E-state index contributed by atoms with van der Waals surface area (Å²) in [6, 6.07) is 11.8. The van der Waals surface area contributed by atoms with Gasteiger partial charge in [0.25, 0.3) is 11.9 Å². The van der Waals surface area contributed by atoms with E-state index in [0.717, 1.165) is 11.3 Å². The summed E-state index contributed by atoms with van der Waals surface area (Å²) < 4.78 is 13.0. The molecule has 0 atom stereocenters. The molecule has 3 aromatic heterocycles. The topological polar surface area (TPSA) is 98.3 Å². The van der Waals surface area contributed by atoms with E-state index in [4.69, 9.17) is 19.2 Å². The minimum Gasteiger partial charge on any atom is -0.445 e. The molecule has 32 heavy (non-hydrogen) atoms. The molecule has 9 heteroatoms. The van der Waals surface area contributed by atoms with E-state index in [1.807, 2.05) is 31.3 Å². The lowest BCUT2D eigenvalue weighted by molar-refractivity contribution is 0.0930. The van der Waals surface area contributed by atoms with Crippen molar-refractivity contribution < 1.29 is 13.9 Å². The monoisotopic (exact) mass is 432 g/mol. The number of furan rings is 1. The molecule has 0 unspecified atom stereocenters. The number of ether oxygens (including phenoxy) is 1. The molecule has 4 aromatic rings. The molecule has 1 N–H and O–H groups in total. The van der Waals surface area contributed by atoms with Gasteiger partial charge in [0.15, 0.2) is 17.2 Å². The van der Waals surface area contributed by atoms with Crippen molar-refractivity contribution >= 4 is 22.8 Å².